The number of rotatable bonds is 9. The molecule has 0 aliphatic heterocycles. The molecular formula is C25H24ClN3O3S. The maximum Gasteiger partial charge on any atom is 0.348 e. The highest BCUT2D eigenvalue weighted by Crippen LogP contribution is 2.37. The van der Waals surface area contributed by atoms with Crippen LogP contribution in [0, 0.1) is 6.92 Å². The van der Waals surface area contributed by atoms with Crippen LogP contribution in [0.3, 0.4) is 0 Å². The van der Waals surface area contributed by atoms with E-state index in [1.807, 2.05) is 43.3 Å². The maximum atomic E-state index is 12.7. The zero-order valence-corrected chi connectivity index (χ0v) is 20.0. The van der Waals surface area contributed by atoms with E-state index in [1.165, 1.54) is 11.3 Å². The van der Waals surface area contributed by atoms with E-state index in [-0.39, 0.29) is 11.9 Å². The van der Waals surface area contributed by atoms with Gasteiger partial charge in [-0.25, -0.2) is 9.78 Å². The molecule has 4 rings (SSSR count). The normalized spacial score (nSPS) is 11.0. The van der Waals surface area contributed by atoms with Crippen molar-refractivity contribution in [2.24, 2.45) is 0 Å². The summed E-state index contributed by atoms with van der Waals surface area (Å²) in [6.07, 6.45) is 0. The van der Waals surface area contributed by atoms with E-state index in [0.717, 1.165) is 22.1 Å². The minimum absolute atomic E-state index is 0.143. The predicted octanol–water partition coefficient (Wildman–Crippen LogP) is 5.66. The number of hydrogen-bond acceptors (Lipinski definition) is 7. The molecule has 0 fully saturated rings. The fourth-order valence-electron chi connectivity index (χ4n) is 3.61. The van der Waals surface area contributed by atoms with Gasteiger partial charge in [-0.15, -0.1) is 11.3 Å². The van der Waals surface area contributed by atoms with Crippen molar-refractivity contribution < 1.29 is 14.3 Å². The first-order valence-corrected chi connectivity index (χ1v) is 11.7. The lowest BCUT2D eigenvalue weighted by Gasteiger charge is -2.25. The summed E-state index contributed by atoms with van der Waals surface area (Å²) in [5, 5.41) is 0.958. The number of carbonyl (C=O) groups is 1. The smallest absolute Gasteiger partial charge is 0.348 e. The third kappa shape index (κ3) is 5.50. The van der Waals surface area contributed by atoms with Crippen LogP contribution in [0.5, 0.6) is 0 Å². The fraction of sp³-hybridized carbons (Fsp3) is 0.240. The molecule has 0 atom stereocenters. The SMILES string of the molecule is COCCOC(=O)c1sc2nc(Cl)nc(N(Cc3ccccc3)Cc3ccccc3)c2c1C. The molecule has 0 unspecified atom stereocenters. The molecule has 2 aromatic carbocycles. The van der Waals surface area contributed by atoms with Gasteiger partial charge >= 0.3 is 5.97 Å². The lowest BCUT2D eigenvalue weighted by atomic mass is 10.1. The van der Waals surface area contributed by atoms with Crippen molar-refractivity contribution >= 4 is 44.9 Å². The van der Waals surface area contributed by atoms with Gasteiger partial charge in [-0.2, -0.15) is 4.98 Å². The van der Waals surface area contributed by atoms with Crippen molar-refractivity contribution in [1.82, 2.24) is 9.97 Å². The van der Waals surface area contributed by atoms with Gasteiger partial charge in [0.15, 0.2) is 0 Å². The molecule has 0 spiro atoms. The van der Waals surface area contributed by atoms with Crippen LogP contribution in [0.4, 0.5) is 5.82 Å². The Bertz CT molecular complexity index is 1190. The number of ether oxygens (including phenoxy) is 2. The molecule has 4 aromatic rings. The number of methoxy groups -OCH3 is 1. The summed E-state index contributed by atoms with van der Waals surface area (Å²) in [6, 6.07) is 20.4. The van der Waals surface area contributed by atoms with Crippen molar-refractivity contribution in [3.8, 4) is 0 Å². The number of esters is 1. The molecule has 0 saturated carbocycles. The summed E-state index contributed by atoms with van der Waals surface area (Å²) >= 11 is 7.61. The van der Waals surface area contributed by atoms with Crippen LogP contribution >= 0.6 is 22.9 Å². The molecule has 0 bridgehead atoms. The number of carbonyl (C=O) groups excluding carboxylic acids is 1. The summed E-state index contributed by atoms with van der Waals surface area (Å²) in [5.41, 5.74) is 3.07. The molecule has 0 saturated heterocycles. The second-order valence-electron chi connectivity index (χ2n) is 7.51. The Hall–Kier alpha value is -3.00. The van der Waals surface area contributed by atoms with E-state index in [9.17, 15) is 4.79 Å². The number of aryl methyl sites for hydroxylation is 1. The maximum absolute atomic E-state index is 12.7. The Balaban J connectivity index is 1.78. The van der Waals surface area contributed by atoms with E-state index in [2.05, 4.69) is 39.1 Å². The quantitative estimate of drug-likeness (QED) is 0.174. The van der Waals surface area contributed by atoms with Crippen LogP contribution in [0.15, 0.2) is 60.7 Å². The van der Waals surface area contributed by atoms with Crippen molar-refractivity contribution in [2.45, 2.75) is 20.0 Å². The number of nitrogens with zero attached hydrogens (tertiary/aromatic N) is 3. The van der Waals surface area contributed by atoms with Gasteiger partial charge in [0.25, 0.3) is 0 Å². The number of fused-ring (bicyclic) bond motifs is 1. The third-order valence-corrected chi connectivity index (χ3v) is 6.52. The lowest BCUT2D eigenvalue weighted by molar-refractivity contribution is 0.0393. The molecule has 0 aliphatic carbocycles. The van der Waals surface area contributed by atoms with Crippen molar-refractivity contribution in [2.75, 3.05) is 25.2 Å². The van der Waals surface area contributed by atoms with Crippen LogP contribution in [0.25, 0.3) is 10.2 Å². The lowest BCUT2D eigenvalue weighted by Crippen LogP contribution is -2.23. The Morgan fingerprint density at radius 1 is 0.970 bits per heavy atom. The number of hydrogen-bond donors (Lipinski definition) is 0. The number of benzene rings is 2. The van der Waals surface area contributed by atoms with Gasteiger partial charge in [-0.3, -0.25) is 0 Å². The zero-order chi connectivity index (χ0) is 23.2. The molecule has 6 nitrogen and oxygen atoms in total. The van der Waals surface area contributed by atoms with E-state index < -0.39 is 5.97 Å². The van der Waals surface area contributed by atoms with Crippen LogP contribution < -0.4 is 4.90 Å². The van der Waals surface area contributed by atoms with Crippen molar-refractivity contribution in [3.05, 3.63) is 87.5 Å². The number of aromatic nitrogens is 2. The summed E-state index contributed by atoms with van der Waals surface area (Å²) in [7, 11) is 1.57. The van der Waals surface area contributed by atoms with E-state index in [1.54, 1.807) is 7.11 Å². The second-order valence-corrected chi connectivity index (χ2v) is 8.85. The van der Waals surface area contributed by atoms with Gasteiger partial charge in [0, 0.05) is 20.2 Å². The highest BCUT2D eigenvalue weighted by molar-refractivity contribution is 7.20. The van der Waals surface area contributed by atoms with Crippen LogP contribution in [-0.2, 0) is 22.6 Å². The summed E-state index contributed by atoms with van der Waals surface area (Å²) in [4.78, 5) is 25.0. The first kappa shape index (κ1) is 23.2. The van der Waals surface area contributed by atoms with Gasteiger partial charge in [-0.1, -0.05) is 60.7 Å². The molecule has 2 aromatic heterocycles. The van der Waals surface area contributed by atoms with E-state index in [0.29, 0.717) is 35.2 Å². The Kier molecular flexibility index (Phi) is 7.54. The molecule has 2 heterocycles. The van der Waals surface area contributed by atoms with E-state index >= 15 is 0 Å². The highest BCUT2D eigenvalue weighted by atomic mass is 35.5. The second kappa shape index (κ2) is 10.7. The summed E-state index contributed by atoms with van der Waals surface area (Å²) < 4.78 is 10.3. The minimum atomic E-state index is -0.396. The Labute approximate surface area is 201 Å². The summed E-state index contributed by atoms with van der Waals surface area (Å²) in [5.74, 6) is 0.301. The first-order valence-electron chi connectivity index (χ1n) is 10.5. The minimum Gasteiger partial charge on any atom is -0.459 e. The fourth-order valence-corrected chi connectivity index (χ4v) is 4.90. The number of halogens is 1. The standard InChI is InChI=1S/C25H24ClN3O3S/c1-17-20-22(27-25(26)28-23(20)33-21(17)24(30)32-14-13-31-2)29(15-18-9-5-3-6-10-18)16-19-11-7-4-8-12-19/h3-12H,13-16H2,1-2H3. The topological polar surface area (TPSA) is 64.5 Å². The molecule has 170 valence electrons. The van der Waals surface area contributed by atoms with Gasteiger partial charge in [0.2, 0.25) is 5.28 Å². The van der Waals surface area contributed by atoms with Crippen molar-refractivity contribution in [3.63, 3.8) is 0 Å². The van der Waals surface area contributed by atoms with Crippen LogP contribution in [0.1, 0.15) is 26.4 Å². The molecule has 0 N–H and O–H groups in total. The van der Waals surface area contributed by atoms with Crippen LogP contribution in [-0.4, -0.2) is 36.3 Å². The molecule has 0 aliphatic rings. The monoisotopic (exact) mass is 481 g/mol. The molecular weight excluding hydrogens is 458 g/mol. The summed E-state index contributed by atoms with van der Waals surface area (Å²) in [6.45, 7) is 3.68. The van der Waals surface area contributed by atoms with E-state index in [4.69, 9.17) is 21.1 Å². The van der Waals surface area contributed by atoms with Gasteiger partial charge in [-0.05, 0) is 35.2 Å². The Morgan fingerprint density at radius 2 is 1.58 bits per heavy atom. The first-order chi connectivity index (χ1) is 16.1. The average Bonchev–Trinajstić information content (AvgIpc) is 3.15. The molecule has 8 heteroatoms. The van der Waals surface area contributed by atoms with Crippen molar-refractivity contribution in [1.29, 1.82) is 0 Å². The largest absolute Gasteiger partial charge is 0.459 e. The predicted molar refractivity (Wildman–Crippen MR) is 132 cm³/mol. The molecule has 0 amide bonds. The Morgan fingerprint density at radius 3 is 2.15 bits per heavy atom. The molecule has 33 heavy (non-hydrogen) atoms. The van der Waals surface area contributed by atoms with Gasteiger partial charge in [0.05, 0.1) is 12.0 Å². The zero-order valence-electron chi connectivity index (χ0n) is 18.5. The average molecular weight is 482 g/mol. The van der Waals surface area contributed by atoms with Gasteiger partial charge < -0.3 is 14.4 Å². The highest BCUT2D eigenvalue weighted by Gasteiger charge is 2.24. The van der Waals surface area contributed by atoms with Gasteiger partial charge in [0.1, 0.15) is 22.1 Å². The van der Waals surface area contributed by atoms with Crippen LogP contribution in [0.2, 0.25) is 5.28 Å². The third-order valence-electron chi connectivity index (χ3n) is 5.18. The number of anilines is 1. The number of thiophene rings is 1. The molecule has 0 radical (unpaired) electrons.